The van der Waals surface area contributed by atoms with Gasteiger partial charge in [0.2, 0.25) is 5.91 Å². The van der Waals surface area contributed by atoms with Gasteiger partial charge < -0.3 is 20.6 Å². The van der Waals surface area contributed by atoms with Crippen molar-refractivity contribution in [2.75, 3.05) is 7.05 Å². The maximum Gasteiger partial charge on any atom is 0.318 e. The number of carbonyl (C=O) groups is 2. The molecule has 3 N–H and O–H groups in total. The molecule has 3 atom stereocenters. The van der Waals surface area contributed by atoms with Gasteiger partial charge in [-0.1, -0.05) is 88.4 Å². The lowest BCUT2D eigenvalue weighted by atomic mass is 9.96. The second-order valence-corrected chi connectivity index (χ2v) is 12.1. The van der Waals surface area contributed by atoms with E-state index in [9.17, 15) is 14.7 Å². The normalized spacial score (nSPS) is 13.6. The van der Waals surface area contributed by atoms with Gasteiger partial charge in [0.25, 0.3) is 0 Å². The van der Waals surface area contributed by atoms with Gasteiger partial charge in [0.05, 0.1) is 23.4 Å². The highest BCUT2D eigenvalue weighted by atomic mass is 32.1. The van der Waals surface area contributed by atoms with Gasteiger partial charge in [-0.15, -0.1) is 11.3 Å². The molecule has 0 saturated heterocycles. The number of aryl methyl sites for hydroxylation is 1. The van der Waals surface area contributed by atoms with E-state index in [-0.39, 0.29) is 23.9 Å². The summed E-state index contributed by atoms with van der Waals surface area (Å²) in [7, 11) is 1.71. The molecular weight excluding hydrogens is 520 g/mol. The Morgan fingerprint density at radius 2 is 1.57 bits per heavy atom. The maximum absolute atomic E-state index is 13.5. The first-order chi connectivity index (χ1) is 19.1. The van der Waals surface area contributed by atoms with E-state index >= 15 is 0 Å². The van der Waals surface area contributed by atoms with Crippen LogP contribution in [-0.4, -0.2) is 52.2 Å². The Balaban J connectivity index is 1.63. The molecule has 7 nitrogen and oxygen atoms in total. The standard InChI is InChI=1S/C32H44N4O3S/c1-22(2)29(35-32(39)36(5)20-27-21-40-31(34-27)23(3)4)30(38)33-26(18-25-14-10-7-11-15-25)19-28(37)17-16-24-12-8-6-9-13-24/h6-15,21-23,26,28-29,37H,16-20H2,1-5H3,(H,33,38)(H,35,39). The zero-order chi connectivity index (χ0) is 29.1. The fourth-order valence-corrected chi connectivity index (χ4v) is 5.39. The number of rotatable bonds is 14. The summed E-state index contributed by atoms with van der Waals surface area (Å²) in [5.41, 5.74) is 3.09. The molecule has 3 rings (SSSR count). The third kappa shape index (κ3) is 10.1. The van der Waals surface area contributed by atoms with E-state index in [0.29, 0.717) is 31.7 Å². The summed E-state index contributed by atoms with van der Waals surface area (Å²) >= 11 is 1.60. The molecule has 2 aromatic carbocycles. The number of amides is 3. The maximum atomic E-state index is 13.5. The minimum atomic E-state index is -0.712. The molecule has 1 heterocycles. The van der Waals surface area contributed by atoms with E-state index < -0.39 is 12.1 Å². The van der Waals surface area contributed by atoms with Crippen LogP contribution < -0.4 is 10.6 Å². The van der Waals surface area contributed by atoms with E-state index in [2.05, 4.69) is 41.6 Å². The summed E-state index contributed by atoms with van der Waals surface area (Å²) in [6.45, 7) is 8.39. The minimum Gasteiger partial charge on any atom is -0.393 e. The molecule has 0 aliphatic carbocycles. The average molecular weight is 565 g/mol. The molecular formula is C32H44N4O3S. The molecule has 3 aromatic rings. The number of carbonyl (C=O) groups excluding carboxylic acids is 2. The summed E-state index contributed by atoms with van der Waals surface area (Å²) in [5.74, 6) is -0.0270. The van der Waals surface area contributed by atoms with Crippen LogP contribution in [0.5, 0.6) is 0 Å². The van der Waals surface area contributed by atoms with Crippen molar-refractivity contribution in [1.29, 1.82) is 0 Å². The summed E-state index contributed by atoms with van der Waals surface area (Å²) < 4.78 is 0. The summed E-state index contributed by atoms with van der Waals surface area (Å²) in [6, 6.07) is 18.7. The average Bonchev–Trinajstić information content (AvgIpc) is 3.40. The van der Waals surface area contributed by atoms with Gasteiger partial charge in [-0.3, -0.25) is 4.79 Å². The second kappa shape index (κ2) is 15.5. The number of aliphatic hydroxyl groups is 1. The van der Waals surface area contributed by atoms with Crippen molar-refractivity contribution in [2.45, 2.75) is 84.0 Å². The Bertz CT molecular complexity index is 1180. The number of hydrogen-bond donors (Lipinski definition) is 3. The van der Waals surface area contributed by atoms with Crippen LogP contribution in [0.3, 0.4) is 0 Å². The monoisotopic (exact) mass is 564 g/mol. The number of aliphatic hydroxyl groups excluding tert-OH is 1. The third-order valence-electron chi connectivity index (χ3n) is 6.87. The van der Waals surface area contributed by atoms with Crippen LogP contribution in [-0.2, 0) is 24.2 Å². The predicted molar refractivity (Wildman–Crippen MR) is 162 cm³/mol. The molecule has 8 heteroatoms. The Morgan fingerprint density at radius 1 is 0.950 bits per heavy atom. The highest BCUT2D eigenvalue weighted by Crippen LogP contribution is 2.20. The number of benzene rings is 2. The van der Waals surface area contributed by atoms with Crippen LogP contribution in [0.4, 0.5) is 4.79 Å². The van der Waals surface area contributed by atoms with E-state index in [1.54, 1.807) is 23.3 Å². The zero-order valence-electron chi connectivity index (χ0n) is 24.3. The molecule has 1 aromatic heterocycles. The largest absolute Gasteiger partial charge is 0.393 e. The van der Waals surface area contributed by atoms with Crippen LogP contribution in [0.25, 0.3) is 0 Å². The van der Waals surface area contributed by atoms with Gasteiger partial charge >= 0.3 is 6.03 Å². The van der Waals surface area contributed by atoms with Crippen molar-refractivity contribution in [3.63, 3.8) is 0 Å². The van der Waals surface area contributed by atoms with Crippen LogP contribution in [0.2, 0.25) is 0 Å². The van der Waals surface area contributed by atoms with Gasteiger partial charge in [-0.25, -0.2) is 9.78 Å². The van der Waals surface area contributed by atoms with Crippen molar-refractivity contribution in [3.05, 3.63) is 87.9 Å². The number of thiazole rings is 1. The third-order valence-corrected chi connectivity index (χ3v) is 8.07. The Hall–Kier alpha value is -3.23. The Morgan fingerprint density at radius 3 is 2.15 bits per heavy atom. The zero-order valence-corrected chi connectivity index (χ0v) is 25.2. The lowest BCUT2D eigenvalue weighted by Crippen LogP contribution is -2.55. The molecule has 0 aliphatic rings. The molecule has 0 saturated carbocycles. The van der Waals surface area contributed by atoms with Gasteiger partial charge in [0.1, 0.15) is 6.04 Å². The van der Waals surface area contributed by atoms with Gasteiger partial charge in [0, 0.05) is 24.4 Å². The van der Waals surface area contributed by atoms with Crippen LogP contribution >= 0.6 is 11.3 Å². The SMILES string of the molecule is CC(C)c1nc(CN(C)C(=O)NC(C(=O)NC(Cc2ccccc2)CC(O)CCc2ccccc2)C(C)C)cs1. The lowest BCUT2D eigenvalue weighted by molar-refractivity contribution is -0.124. The Labute approximate surface area is 243 Å². The quantitative estimate of drug-likeness (QED) is 0.240. The summed E-state index contributed by atoms with van der Waals surface area (Å²) in [4.78, 5) is 32.7. The molecule has 0 radical (unpaired) electrons. The van der Waals surface area contributed by atoms with E-state index in [4.69, 9.17) is 0 Å². The highest BCUT2D eigenvalue weighted by molar-refractivity contribution is 7.09. The smallest absolute Gasteiger partial charge is 0.318 e. The van der Waals surface area contributed by atoms with E-state index in [1.807, 2.05) is 67.8 Å². The number of nitrogens with zero attached hydrogens (tertiary/aromatic N) is 2. The minimum absolute atomic E-state index is 0.121. The van der Waals surface area contributed by atoms with Crippen molar-refractivity contribution in [1.82, 2.24) is 20.5 Å². The van der Waals surface area contributed by atoms with E-state index in [0.717, 1.165) is 22.7 Å². The molecule has 0 aliphatic heterocycles. The topological polar surface area (TPSA) is 94.6 Å². The molecule has 3 unspecified atom stereocenters. The molecule has 3 amide bonds. The molecule has 0 spiro atoms. The van der Waals surface area contributed by atoms with Crippen LogP contribution in [0, 0.1) is 5.92 Å². The first kappa shape index (κ1) is 31.3. The van der Waals surface area contributed by atoms with Gasteiger partial charge in [0.15, 0.2) is 0 Å². The van der Waals surface area contributed by atoms with Crippen LogP contribution in [0.1, 0.15) is 68.3 Å². The van der Waals surface area contributed by atoms with Gasteiger partial charge in [-0.2, -0.15) is 0 Å². The van der Waals surface area contributed by atoms with Crippen molar-refractivity contribution >= 4 is 23.3 Å². The summed E-state index contributed by atoms with van der Waals surface area (Å²) in [5, 5.41) is 20.0. The molecule has 0 bridgehead atoms. The number of aromatic nitrogens is 1. The first-order valence-corrected chi connectivity index (χ1v) is 15.0. The lowest BCUT2D eigenvalue weighted by Gasteiger charge is -2.28. The first-order valence-electron chi connectivity index (χ1n) is 14.1. The fraction of sp³-hybridized carbons (Fsp3) is 0.469. The molecule has 40 heavy (non-hydrogen) atoms. The second-order valence-electron chi connectivity index (χ2n) is 11.2. The van der Waals surface area contributed by atoms with Crippen molar-refractivity contribution < 1.29 is 14.7 Å². The number of urea groups is 1. The van der Waals surface area contributed by atoms with E-state index in [1.165, 1.54) is 5.56 Å². The van der Waals surface area contributed by atoms with Gasteiger partial charge in [-0.05, 0) is 42.7 Å². The molecule has 216 valence electrons. The fourth-order valence-electron chi connectivity index (χ4n) is 4.56. The number of hydrogen-bond acceptors (Lipinski definition) is 5. The summed E-state index contributed by atoms with van der Waals surface area (Å²) in [6.07, 6.45) is 1.82. The van der Waals surface area contributed by atoms with Crippen LogP contribution in [0.15, 0.2) is 66.0 Å². The Kier molecular flexibility index (Phi) is 12.2. The molecule has 0 fully saturated rings. The predicted octanol–water partition coefficient (Wildman–Crippen LogP) is 5.54. The van der Waals surface area contributed by atoms with Crippen molar-refractivity contribution in [2.24, 2.45) is 5.92 Å². The number of nitrogens with one attached hydrogen (secondary N) is 2. The van der Waals surface area contributed by atoms with Crippen molar-refractivity contribution in [3.8, 4) is 0 Å². The highest BCUT2D eigenvalue weighted by Gasteiger charge is 2.28.